The summed E-state index contributed by atoms with van der Waals surface area (Å²) in [7, 11) is 1.31. The van der Waals surface area contributed by atoms with E-state index in [-0.39, 0.29) is 17.4 Å². The molecule has 0 aliphatic carbocycles. The molecule has 1 aliphatic heterocycles. The fraction of sp³-hybridized carbons (Fsp3) is 0.450. The third-order valence-corrected chi connectivity index (χ3v) is 4.89. The third kappa shape index (κ3) is 4.80. The van der Waals surface area contributed by atoms with Gasteiger partial charge in [0.1, 0.15) is 11.6 Å². The van der Waals surface area contributed by atoms with E-state index in [0.717, 1.165) is 31.7 Å². The van der Waals surface area contributed by atoms with Gasteiger partial charge in [0, 0.05) is 19.0 Å². The van der Waals surface area contributed by atoms with Gasteiger partial charge in [0.15, 0.2) is 5.69 Å². The van der Waals surface area contributed by atoms with E-state index in [4.69, 9.17) is 4.74 Å². The second-order valence-electron chi connectivity index (χ2n) is 6.73. The number of carbonyl (C=O) groups excluding carboxylic acids is 1. The molecule has 2 aromatic rings. The minimum Gasteiger partial charge on any atom is -0.464 e. The highest BCUT2D eigenvalue weighted by atomic mass is 19.1. The number of likely N-dealkylation sites (tertiary alicyclic amines) is 1. The van der Waals surface area contributed by atoms with Gasteiger partial charge < -0.3 is 15.0 Å². The highest BCUT2D eigenvalue weighted by molar-refractivity contribution is 5.87. The van der Waals surface area contributed by atoms with Crippen molar-refractivity contribution in [1.82, 2.24) is 14.9 Å². The Labute approximate surface area is 158 Å². The summed E-state index contributed by atoms with van der Waals surface area (Å²) in [5, 5.41) is 3.34. The lowest BCUT2D eigenvalue weighted by molar-refractivity contribution is 0.0593. The van der Waals surface area contributed by atoms with Gasteiger partial charge in [-0.2, -0.15) is 0 Å². The number of aromatic nitrogens is 2. The number of nitrogens with one attached hydrogen (secondary N) is 1. The molecule has 1 N–H and O–H groups in total. The highest BCUT2D eigenvalue weighted by Crippen LogP contribution is 2.27. The maximum Gasteiger partial charge on any atom is 0.358 e. The largest absolute Gasteiger partial charge is 0.464 e. The minimum atomic E-state index is -0.529. The highest BCUT2D eigenvalue weighted by Gasteiger charge is 2.20. The number of methoxy groups -OCH3 is 1. The molecule has 0 unspecified atom stereocenters. The molecule has 0 spiro atoms. The van der Waals surface area contributed by atoms with Crippen LogP contribution in [0.5, 0.6) is 0 Å². The molecule has 0 saturated carbocycles. The van der Waals surface area contributed by atoms with Crippen LogP contribution in [0.3, 0.4) is 0 Å². The molecule has 0 bridgehead atoms. The van der Waals surface area contributed by atoms with Crippen molar-refractivity contribution in [2.24, 2.45) is 0 Å². The van der Waals surface area contributed by atoms with E-state index in [1.165, 1.54) is 38.3 Å². The van der Waals surface area contributed by atoms with E-state index in [0.29, 0.717) is 11.5 Å². The van der Waals surface area contributed by atoms with E-state index in [2.05, 4.69) is 20.2 Å². The fourth-order valence-corrected chi connectivity index (χ4v) is 3.29. The first-order valence-electron chi connectivity index (χ1n) is 9.25. The lowest BCUT2D eigenvalue weighted by Gasteiger charge is -2.19. The lowest BCUT2D eigenvalue weighted by atomic mass is 9.97. The maximum absolute atomic E-state index is 13.3. The van der Waals surface area contributed by atoms with E-state index in [9.17, 15) is 9.18 Å². The van der Waals surface area contributed by atoms with E-state index in [1.807, 2.05) is 6.92 Å². The summed E-state index contributed by atoms with van der Waals surface area (Å²) in [5.74, 6) is -0.335. The number of esters is 1. The summed E-state index contributed by atoms with van der Waals surface area (Å²) >= 11 is 0. The zero-order chi connectivity index (χ0) is 19.2. The Balaban J connectivity index is 1.82. The number of hydrogen-bond donors (Lipinski definition) is 1. The van der Waals surface area contributed by atoms with Crippen LogP contribution in [0.15, 0.2) is 30.5 Å². The molecule has 7 heteroatoms. The van der Waals surface area contributed by atoms with E-state index in [1.54, 1.807) is 12.1 Å². The average Bonchev–Trinajstić information content (AvgIpc) is 3.21. The van der Waals surface area contributed by atoms with Crippen molar-refractivity contribution in [3.05, 3.63) is 53.2 Å². The summed E-state index contributed by atoms with van der Waals surface area (Å²) in [6.07, 6.45) is 3.92. The molecule has 6 nitrogen and oxygen atoms in total. The molecule has 1 aromatic heterocycles. The quantitative estimate of drug-likeness (QED) is 0.754. The predicted molar refractivity (Wildman–Crippen MR) is 101 cm³/mol. The molecule has 144 valence electrons. The first-order chi connectivity index (χ1) is 13.1. The molecular weight excluding hydrogens is 347 g/mol. The molecule has 1 aromatic carbocycles. The van der Waals surface area contributed by atoms with Gasteiger partial charge in [-0.05, 0) is 43.6 Å². The zero-order valence-corrected chi connectivity index (χ0v) is 15.7. The molecule has 1 saturated heterocycles. The van der Waals surface area contributed by atoms with Crippen molar-refractivity contribution in [2.45, 2.75) is 25.7 Å². The summed E-state index contributed by atoms with van der Waals surface area (Å²) in [5.41, 5.74) is 1.70. The van der Waals surface area contributed by atoms with Crippen molar-refractivity contribution in [1.29, 1.82) is 0 Å². The van der Waals surface area contributed by atoms with E-state index >= 15 is 0 Å². The Bertz CT molecular complexity index is 776. The van der Waals surface area contributed by atoms with Crippen LogP contribution in [0.2, 0.25) is 0 Å². The summed E-state index contributed by atoms with van der Waals surface area (Å²) < 4.78 is 18.0. The Morgan fingerprint density at radius 1 is 1.30 bits per heavy atom. The number of hydrogen-bond acceptors (Lipinski definition) is 6. The number of carbonyl (C=O) groups is 1. The predicted octanol–water partition coefficient (Wildman–Crippen LogP) is 3.06. The van der Waals surface area contributed by atoms with Gasteiger partial charge in [-0.3, -0.25) is 0 Å². The van der Waals surface area contributed by atoms with Crippen LogP contribution in [0, 0.1) is 5.82 Å². The van der Waals surface area contributed by atoms with Crippen LogP contribution >= 0.6 is 0 Å². The number of benzene rings is 1. The summed E-state index contributed by atoms with van der Waals surface area (Å²) in [4.78, 5) is 23.2. The Kier molecular flexibility index (Phi) is 6.34. The van der Waals surface area contributed by atoms with Crippen molar-refractivity contribution in [3.8, 4) is 0 Å². The lowest BCUT2D eigenvalue weighted by Crippen LogP contribution is -2.26. The van der Waals surface area contributed by atoms with Gasteiger partial charge in [-0.25, -0.2) is 19.2 Å². The molecule has 2 heterocycles. The molecule has 1 aliphatic rings. The van der Waals surface area contributed by atoms with E-state index < -0.39 is 5.97 Å². The summed E-state index contributed by atoms with van der Waals surface area (Å²) in [6.45, 7) is 5.91. The first kappa shape index (κ1) is 19.2. The Morgan fingerprint density at radius 3 is 2.67 bits per heavy atom. The summed E-state index contributed by atoms with van der Waals surface area (Å²) in [6, 6.07) is 6.29. The minimum absolute atomic E-state index is 0.156. The zero-order valence-electron chi connectivity index (χ0n) is 15.7. The Morgan fingerprint density at radius 2 is 2.00 bits per heavy atom. The number of anilines is 1. The monoisotopic (exact) mass is 372 g/mol. The van der Waals surface area contributed by atoms with Crippen molar-refractivity contribution in [2.75, 3.05) is 38.6 Å². The number of halogens is 1. The first-order valence-corrected chi connectivity index (χ1v) is 9.25. The molecular formula is C20H25FN4O2. The van der Waals surface area contributed by atoms with Crippen molar-refractivity contribution < 1.29 is 13.9 Å². The van der Waals surface area contributed by atoms with Crippen LogP contribution < -0.4 is 5.32 Å². The number of rotatable bonds is 7. The van der Waals surface area contributed by atoms with Gasteiger partial charge in [0.25, 0.3) is 0 Å². The van der Waals surface area contributed by atoms with Crippen molar-refractivity contribution >= 4 is 11.8 Å². The Hall–Kier alpha value is -2.54. The van der Waals surface area contributed by atoms with Gasteiger partial charge in [-0.15, -0.1) is 0 Å². The van der Waals surface area contributed by atoms with Gasteiger partial charge >= 0.3 is 5.97 Å². The van der Waals surface area contributed by atoms with Crippen LogP contribution in [-0.2, 0) is 4.74 Å². The third-order valence-electron chi connectivity index (χ3n) is 4.89. The number of nitrogens with zero attached hydrogens (tertiary/aromatic N) is 3. The fourth-order valence-electron chi connectivity index (χ4n) is 3.29. The molecule has 0 radical (unpaired) electrons. The van der Waals surface area contributed by atoms with Gasteiger partial charge in [-0.1, -0.05) is 19.1 Å². The smallest absolute Gasteiger partial charge is 0.358 e. The van der Waals surface area contributed by atoms with Crippen LogP contribution in [-0.4, -0.2) is 54.1 Å². The molecule has 0 amide bonds. The average molecular weight is 372 g/mol. The van der Waals surface area contributed by atoms with Crippen LogP contribution in [0.1, 0.15) is 47.4 Å². The standard InChI is InChI=1S/C20H25FN4O2/c1-14(15-5-7-16(21)8-6-15)18-19(22-9-12-25-10-3-4-11-25)23-13-17(24-18)20(26)27-2/h5-8,13-14H,3-4,9-12H2,1-2H3,(H,22,23)/t14-/m0/s1. The molecule has 27 heavy (non-hydrogen) atoms. The SMILES string of the molecule is COC(=O)c1cnc(NCCN2CCCC2)c([C@@H](C)c2ccc(F)cc2)n1. The molecule has 3 rings (SSSR count). The number of ether oxygens (including phenoxy) is 1. The topological polar surface area (TPSA) is 67.3 Å². The maximum atomic E-state index is 13.3. The van der Waals surface area contributed by atoms with Gasteiger partial charge in [0.05, 0.1) is 19.0 Å². The van der Waals surface area contributed by atoms with Crippen LogP contribution in [0.4, 0.5) is 10.2 Å². The van der Waals surface area contributed by atoms with Crippen LogP contribution in [0.25, 0.3) is 0 Å². The van der Waals surface area contributed by atoms with Gasteiger partial charge in [0.2, 0.25) is 0 Å². The molecule has 1 fully saturated rings. The van der Waals surface area contributed by atoms with Crippen molar-refractivity contribution in [3.63, 3.8) is 0 Å². The second-order valence-corrected chi connectivity index (χ2v) is 6.73. The second kappa shape index (κ2) is 8.90. The molecule has 1 atom stereocenters. The normalized spacial score (nSPS) is 15.5.